The predicted octanol–water partition coefficient (Wildman–Crippen LogP) is 1.35. The number of carbonyl (C=O) groups excluding carboxylic acids is 1. The van der Waals surface area contributed by atoms with Gasteiger partial charge in [0.15, 0.2) is 0 Å². The van der Waals surface area contributed by atoms with Crippen molar-refractivity contribution in [3.05, 3.63) is 54.6 Å². The molecule has 1 unspecified atom stereocenters. The van der Waals surface area contributed by atoms with Gasteiger partial charge in [0, 0.05) is 30.6 Å². The summed E-state index contributed by atoms with van der Waals surface area (Å²) in [6.07, 6.45) is 8.33. The number of pyridine rings is 1. The molecular formula is C19H14N6O. The summed E-state index contributed by atoms with van der Waals surface area (Å²) in [6.45, 7) is 4.08. The molecule has 4 heterocycles. The number of aryl methyl sites for hydroxylation is 1. The molecule has 3 aromatic rings. The first-order valence-corrected chi connectivity index (χ1v) is 7.96. The molecule has 126 valence electrons. The van der Waals surface area contributed by atoms with Crippen molar-refractivity contribution in [3.63, 3.8) is 0 Å². The normalized spacial score (nSPS) is 15.2. The maximum atomic E-state index is 11.6. The fourth-order valence-electron chi connectivity index (χ4n) is 2.81. The van der Waals surface area contributed by atoms with Crippen LogP contribution in [-0.4, -0.2) is 42.8 Å². The molecule has 1 aliphatic rings. The van der Waals surface area contributed by atoms with Gasteiger partial charge in [0.2, 0.25) is 5.91 Å². The second-order valence-electron chi connectivity index (χ2n) is 5.99. The van der Waals surface area contributed by atoms with Crippen molar-refractivity contribution in [1.29, 1.82) is 5.26 Å². The standard InChI is InChI=1S/C19H14N6O/c1-3-18(26)24-12-17(24)5-4-13-6-14(16-9-21-23(2)10-16)11-25-19(13)15(7-20)8-22-25/h3,6,8-11,17H,1,12H2,2H3. The number of nitrogens with zero attached hydrogens (tertiary/aromatic N) is 6. The third-order valence-electron chi connectivity index (χ3n) is 4.21. The molecule has 1 saturated heterocycles. The quantitative estimate of drug-likeness (QED) is 0.400. The third kappa shape index (κ3) is 2.62. The van der Waals surface area contributed by atoms with Gasteiger partial charge >= 0.3 is 0 Å². The molecule has 0 radical (unpaired) electrons. The second-order valence-corrected chi connectivity index (χ2v) is 5.99. The van der Waals surface area contributed by atoms with Gasteiger partial charge in [-0.25, -0.2) is 4.52 Å². The molecule has 1 fully saturated rings. The molecule has 0 bridgehead atoms. The molecule has 4 rings (SSSR count). The molecule has 7 nitrogen and oxygen atoms in total. The Morgan fingerprint density at radius 1 is 1.31 bits per heavy atom. The lowest BCUT2D eigenvalue weighted by atomic mass is 10.1. The molecule has 0 N–H and O–H groups in total. The van der Waals surface area contributed by atoms with Gasteiger partial charge < -0.3 is 4.90 Å². The van der Waals surface area contributed by atoms with Crippen LogP contribution in [0.3, 0.4) is 0 Å². The van der Waals surface area contributed by atoms with Gasteiger partial charge in [-0.15, -0.1) is 0 Å². The lowest BCUT2D eigenvalue weighted by Crippen LogP contribution is -2.08. The van der Waals surface area contributed by atoms with E-state index in [0.717, 1.165) is 11.1 Å². The number of aromatic nitrogens is 4. The average molecular weight is 342 g/mol. The molecule has 0 spiro atoms. The summed E-state index contributed by atoms with van der Waals surface area (Å²) in [7, 11) is 1.85. The summed E-state index contributed by atoms with van der Waals surface area (Å²) in [5, 5.41) is 17.8. The van der Waals surface area contributed by atoms with E-state index >= 15 is 0 Å². The topological polar surface area (TPSA) is 79.0 Å². The molecule has 7 heteroatoms. The molecule has 1 amide bonds. The smallest absolute Gasteiger partial charge is 0.247 e. The minimum atomic E-state index is -0.124. The van der Waals surface area contributed by atoms with E-state index in [9.17, 15) is 10.1 Å². The van der Waals surface area contributed by atoms with Gasteiger partial charge in [0.1, 0.15) is 12.1 Å². The molecule has 3 aromatic heterocycles. The van der Waals surface area contributed by atoms with Crippen LogP contribution in [0.5, 0.6) is 0 Å². The van der Waals surface area contributed by atoms with Gasteiger partial charge in [-0.2, -0.15) is 15.5 Å². The number of nitriles is 1. The fourth-order valence-corrected chi connectivity index (χ4v) is 2.81. The molecule has 1 aliphatic heterocycles. The first-order chi connectivity index (χ1) is 12.6. The first kappa shape index (κ1) is 15.7. The number of carbonyl (C=O) groups is 1. The maximum Gasteiger partial charge on any atom is 0.247 e. The van der Waals surface area contributed by atoms with E-state index < -0.39 is 0 Å². The Kier molecular flexibility index (Phi) is 3.56. The summed E-state index contributed by atoms with van der Waals surface area (Å²) < 4.78 is 3.38. The van der Waals surface area contributed by atoms with Gasteiger partial charge in [0.05, 0.1) is 35.6 Å². The van der Waals surface area contributed by atoms with Crippen LogP contribution in [0.15, 0.2) is 43.5 Å². The Labute approximate surface area is 149 Å². The maximum absolute atomic E-state index is 11.6. The van der Waals surface area contributed by atoms with Crippen LogP contribution >= 0.6 is 0 Å². The molecule has 0 aliphatic carbocycles. The molecule has 1 atom stereocenters. The highest BCUT2D eigenvalue weighted by molar-refractivity contribution is 5.89. The Morgan fingerprint density at radius 2 is 2.15 bits per heavy atom. The number of amides is 1. The monoisotopic (exact) mass is 342 g/mol. The molecular weight excluding hydrogens is 328 g/mol. The summed E-state index contributed by atoms with van der Waals surface area (Å²) in [4.78, 5) is 13.2. The van der Waals surface area contributed by atoms with Crippen molar-refractivity contribution in [2.24, 2.45) is 7.05 Å². The van der Waals surface area contributed by atoms with Crippen LogP contribution in [0.25, 0.3) is 16.6 Å². The van der Waals surface area contributed by atoms with E-state index in [1.807, 2.05) is 25.5 Å². The van der Waals surface area contributed by atoms with Gasteiger partial charge in [0.25, 0.3) is 0 Å². The van der Waals surface area contributed by atoms with Crippen molar-refractivity contribution in [1.82, 2.24) is 24.3 Å². The highest BCUT2D eigenvalue weighted by atomic mass is 16.2. The Balaban J connectivity index is 1.79. The summed E-state index contributed by atoms with van der Waals surface area (Å²) in [5.74, 6) is 6.09. The Morgan fingerprint density at radius 3 is 2.85 bits per heavy atom. The van der Waals surface area contributed by atoms with E-state index in [4.69, 9.17) is 0 Å². The van der Waals surface area contributed by atoms with E-state index in [-0.39, 0.29) is 11.9 Å². The van der Waals surface area contributed by atoms with Crippen molar-refractivity contribution in [3.8, 4) is 29.0 Å². The fraction of sp³-hybridized carbons (Fsp3) is 0.158. The summed E-state index contributed by atoms with van der Waals surface area (Å²) in [6, 6.07) is 3.95. The third-order valence-corrected chi connectivity index (χ3v) is 4.21. The largest absolute Gasteiger partial charge is 0.320 e. The van der Waals surface area contributed by atoms with Gasteiger partial charge in [-0.1, -0.05) is 18.4 Å². The zero-order valence-electron chi connectivity index (χ0n) is 14.0. The van der Waals surface area contributed by atoms with Crippen LogP contribution < -0.4 is 0 Å². The lowest BCUT2D eigenvalue weighted by Gasteiger charge is -2.03. The van der Waals surface area contributed by atoms with Crippen molar-refractivity contribution in [2.75, 3.05) is 6.54 Å². The number of fused-ring (bicyclic) bond motifs is 1. The SMILES string of the molecule is C=CC(=O)N1CC1C#Cc1cc(-c2cnn(C)c2)cn2ncc(C#N)c12. The first-order valence-electron chi connectivity index (χ1n) is 7.96. The highest BCUT2D eigenvalue weighted by Crippen LogP contribution is 2.24. The van der Waals surface area contributed by atoms with E-state index in [1.165, 1.54) is 12.3 Å². The van der Waals surface area contributed by atoms with Crippen LogP contribution in [-0.2, 0) is 11.8 Å². The minimum absolute atomic E-state index is 0.115. The minimum Gasteiger partial charge on any atom is -0.320 e. The van der Waals surface area contributed by atoms with E-state index in [2.05, 4.69) is 34.7 Å². The zero-order valence-corrected chi connectivity index (χ0v) is 14.0. The van der Waals surface area contributed by atoms with Crippen LogP contribution in [0.2, 0.25) is 0 Å². The van der Waals surface area contributed by atoms with Crippen molar-refractivity contribution < 1.29 is 4.79 Å². The number of hydrogen-bond donors (Lipinski definition) is 0. The summed E-state index contributed by atoms with van der Waals surface area (Å²) in [5.41, 5.74) is 3.65. The second kappa shape index (κ2) is 5.91. The van der Waals surface area contributed by atoms with E-state index in [1.54, 1.807) is 20.3 Å². The van der Waals surface area contributed by atoms with Crippen molar-refractivity contribution >= 4 is 11.4 Å². The molecule has 26 heavy (non-hydrogen) atoms. The van der Waals surface area contributed by atoms with Gasteiger partial charge in [-0.3, -0.25) is 9.48 Å². The van der Waals surface area contributed by atoms with Crippen LogP contribution in [0, 0.1) is 23.2 Å². The summed E-state index contributed by atoms with van der Waals surface area (Å²) >= 11 is 0. The predicted molar refractivity (Wildman–Crippen MR) is 94.7 cm³/mol. The molecule has 0 aromatic carbocycles. The van der Waals surface area contributed by atoms with Crippen molar-refractivity contribution in [2.45, 2.75) is 6.04 Å². The Hall–Kier alpha value is -3.84. The van der Waals surface area contributed by atoms with E-state index in [0.29, 0.717) is 23.2 Å². The number of rotatable bonds is 2. The Bertz CT molecular complexity index is 1150. The number of hydrogen-bond acceptors (Lipinski definition) is 4. The lowest BCUT2D eigenvalue weighted by molar-refractivity contribution is -0.121. The van der Waals surface area contributed by atoms with Crippen LogP contribution in [0.4, 0.5) is 0 Å². The van der Waals surface area contributed by atoms with Gasteiger partial charge in [-0.05, 0) is 12.1 Å². The van der Waals surface area contributed by atoms with Crippen LogP contribution in [0.1, 0.15) is 11.1 Å². The molecule has 0 saturated carbocycles. The zero-order chi connectivity index (χ0) is 18.3. The average Bonchev–Trinajstić information content (AvgIpc) is 3.09. The highest BCUT2D eigenvalue weighted by Gasteiger charge is 2.35.